The minimum absolute atomic E-state index is 0.166. The highest BCUT2D eigenvalue weighted by Gasteiger charge is 2.51. The van der Waals surface area contributed by atoms with Gasteiger partial charge in [0.2, 0.25) is 0 Å². The Balaban J connectivity index is 1.66. The lowest BCUT2D eigenvalue weighted by Gasteiger charge is -2.39. The Morgan fingerprint density at radius 3 is 2.87 bits per heavy atom. The summed E-state index contributed by atoms with van der Waals surface area (Å²) in [6.45, 7) is 9.88. The fourth-order valence-corrected chi connectivity index (χ4v) is 5.10. The standard InChI is InChI=1S/C19H25N3O/c1-13-10-21-6-5-14(7-16(21)20-13)17(23)22-12-19(4)9-15(22)8-18(2,3)11-19/h5-7,10,15H,8-9,11-12H2,1-4H3. The molecule has 1 saturated heterocycles. The van der Waals surface area contributed by atoms with Crippen molar-refractivity contribution in [2.75, 3.05) is 6.54 Å². The number of fused-ring (bicyclic) bond motifs is 3. The number of amides is 1. The maximum absolute atomic E-state index is 13.1. The lowest BCUT2D eigenvalue weighted by atomic mass is 9.65. The quantitative estimate of drug-likeness (QED) is 0.805. The van der Waals surface area contributed by atoms with Gasteiger partial charge in [0.15, 0.2) is 0 Å². The molecule has 2 atom stereocenters. The molecule has 0 aromatic carbocycles. The molecule has 122 valence electrons. The van der Waals surface area contributed by atoms with Crippen LogP contribution in [0.25, 0.3) is 5.65 Å². The molecule has 1 saturated carbocycles. The Morgan fingerprint density at radius 1 is 1.30 bits per heavy atom. The Hall–Kier alpha value is -1.84. The minimum Gasteiger partial charge on any atom is -0.335 e. The van der Waals surface area contributed by atoms with E-state index in [1.54, 1.807) is 0 Å². The molecule has 23 heavy (non-hydrogen) atoms. The lowest BCUT2D eigenvalue weighted by molar-refractivity contribution is 0.0708. The lowest BCUT2D eigenvalue weighted by Crippen LogP contribution is -2.37. The van der Waals surface area contributed by atoms with E-state index in [9.17, 15) is 4.79 Å². The maximum Gasteiger partial charge on any atom is 0.254 e. The van der Waals surface area contributed by atoms with Crippen molar-refractivity contribution < 1.29 is 4.79 Å². The van der Waals surface area contributed by atoms with Crippen LogP contribution in [0.4, 0.5) is 0 Å². The molecule has 2 aromatic rings. The molecule has 4 heteroatoms. The van der Waals surface area contributed by atoms with Crippen molar-refractivity contribution in [3.63, 3.8) is 0 Å². The smallest absolute Gasteiger partial charge is 0.254 e. The normalized spacial score (nSPS) is 29.2. The number of hydrogen-bond acceptors (Lipinski definition) is 2. The number of imidazole rings is 1. The molecule has 0 spiro atoms. The highest BCUT2D eigenvalue weighted by atomic mass is 16.2. The third-order valence-corrected chi connectivity index (χ3v) is 5.50. The SMILES string of the molecule is Cc1cn2ccc(C(=O)N3CC4(C)CC3CC(C)(C)C4)cc2n1. The van der Waals surface area contributed by atoms with E-state index >= 15 is 0 Å². The van der Waals surface area contributed by atoms with Gasteiger partial charge in [-0.2, -0.15) is 0 Å². The zero-order valence-corrected chi connectivity index (χ0v) is 14.5. The predicted molar refractivity (Wildman–Crippen MR) is 90.5 cm³/mol. The fourth-order valence-electron chi connectivity index (χ4n) is 5.10. The number of nitrogens with zero attached hydrogens (tertiary/aromatic N) is 3. The first-order chi connectivity index (χ1) is 10.7. The summed E-state index contributed by atoms with van der Waals surface area (Å²) in [5.74, 6) is 0.166. The molecule has 3 heterocycles. The third kappa shape index (κ3) is 2.44. The van der Waals surface area contributed by atoms with Gasteiger partial charge in [-0.05, 0) is 49.1 Å². The first-order valence-electron chi connectivity index (χ1n) is 8.51. The number of aromatic nitrogens is 2. The number of rotatable bonds is 1. The van der Waals surface area contributed by atoms with Gasteiger partial charge < -0.3 is 9.30 Å². The first kappa shape index (κ1) is 14.7. The molecule has 1 aliphatic heterocycles. The highest BCUT2D eigenvalue weighted by Crippen LogP contribution is 2.52. The van der Waals surface area contributed by atoms with E-state index < -0.39 is 0 Å². The van der Waals surface area contributed by atoms with Crippen LogP contribution in [0.2, 0.25) is 0 Å². The van der Waals surface area contributed by atoms with E-state index in [0.29, 0.717) is 11.5 Å². The summed E-state index contributed by atoms with van der Waals surface area (Å²) in [5.41, 5.74) is 3.19. The average Bonchev–Trinajstić information content (AvgIpc) is 2.92. The molecule has 4 nitrogen and oxygen atoms in total. The monoisotopic (exact) mass is 311 g/mol. The Labute approximate surface area is 137 Å². The zero-order chi connectivity index (χ0) is 16.4. The van der Waals surface area contributed by atoms with Gasteiger partial charge in [0, 0.05) is 30.5 Å². The van der Waals surface area contributed by atoms with Gasteiger partial charge >= 0.3 is 0 Å². The number of carbonyl (C=O) groups is 1. The largest absolute Gasteiger partial charge is 0.335 e. The van der Waals surface area contributed by atoms with Crippen LogP contribution in [0, 0.1) is 17.8 Å². The molecular weight excluding hydrogens is 286 g/mol. The average molecular weight is 311 g/mol. The second-order valence-electron chi connectivity index (χ2n) is 8.71. The summed E-state index contributed by atoms with van der Waals surface area (Å²) in [6, 6.07) is 4.23. The summed E-state index contributed by atoms with van der Waals surface area (Å²) >= 11 is 0. The van der Waals surface area contributed by atoms with Gasteiger partial charge in [0.1, 0.15) is 5.65 Å². The molecular formula is C19H25N3O. The van der Waals surface area contributed by atoms with E-state index in [-0.39, 0.29) is 11.3 Å². The molecule has 1 aliphatic carbocycles. The second kappa shape index (κ2) is 4.59. The number of aryl methyl sites for hydroxylation is 1. The van der Waals surface area contributed by atoms with Crippen molar-refractivity contribution in [1.82, 2.24) is 14.3 Å². The van der Waals surface area contributed by atoms with Crippen LogP contribution >= 0.6 is 0 Å². The summed E-state index contributed by atoms with van der Waals surface area (Å²) in [5, 5.41) is 0. The van der Waals surface area contributed by atoms with Gasteiger partial charge in [-0.15, -0.1) is 0 Å². The molecule has 2 bridgehead atoms. The Bertz CT molecular complexity index is 791. The van der Waals surface area contributed by atoms with Crippen molar-refractivity contribution in [3.05, 3.63) is 35.8 Å². The summed E-state index contributed by atoms with van der Waals surface area (Å²) in [6.07, 6.45) is 7.39. The molecule has 1 amide bonds. The molecule has 2 unspecified atom stereocenters. The van der Waals surface area contributed by atoms with Crippen LogP contribution in [0.1, 0.15) is 56.1 Å². The van der Waals surface area contributed by atoms with E-state index in [1.165, 1.54) is 6.42 Å². The minimum atomic E-state index is 0.166. The van der Waals surface area contributed by atoms with Crippen molar-refractivity contribution in [2.24, 2.45) is 10.8 Å². The molecule has 0 radical (unpaired) electrons. The van der Waals surface area contributed by atoms with Crippen molar-refractivity contribution in [1.29, 1.82) is 0 Å². The third-order valence-electron chi connectivity index (χ3n) is 5.50. The number of likely N-dealkylation sites (tertiary alicyclic amines) is 1. The zero-order valence-electron chi connectivity index (χ0n) is 14.5. The topological polar surface area (TPSA) is 37.6 Å². The molecule has 2 aromatic heterocycles. The van der Waals surface area contributed by atoms with Crippen LogP contribution < -0.4 is 0 Å². The van der Waals surface area contributed by atoms with Gasteiger partial charge in [-0.3, -0.25) is 4.79 Å². The van der Waals surface area contributed by atoms with Crippen LogP contribution in [0.5, 0.6) is 0 Å². The van der Waals surface area contributed by atoms with Gasteiger partial charge in [-0.1, -0.05) is 20.8 Å². The van der Waals surface area contributed by atoms with Crippen molar-refractivity contribution in [3.8, 4) is 0 Å². The van der Waals surface area contributed by atoms with Crippen molar-refractivity contribution >= 4 is 11.6 Å². The first-order valence-corrected chi connectivity index (χ1v) is 8.51. The van der Waals surface area contributed by atoms with Gasteiger partial charge in [-0.25, -0.2) is 4.98 Å². The molecule has 4 rings (SSSR count). The number of pyridine rings is 1. The van der Waals surface area contributed by atoms with E-state index in [1.807, 2.05) is 35.9 Å². The summed E-state index contributed by atoms with van der Waals surface area (Å²) in [7, 11) is 0. The molecule has 2 aliphatic rings. The van der Waals surface area contributed by atoms with E-state index in [0.717, 1.165) is 36.3 Å². The maximum atomic E-state index is 13.1. The molecule has 2 fully saturated rings. The van der Waals surface area contributed by atoms with Crippen LogP contribution in [0.3, 0.4) is 0 Å². The second-order valence-corrected chi connectivity index (χ2v) is 8.71. The number of carbonyl (C=O) groups excluding carboxylic acids is 1. The van der Waals surface area contributed by atoms with E-state index in [4.69, 9.17) is 0 Å². The Kier molecular flexibility index (Phi) is 2.94. The van der Waals surface area contributed by atoms with Crippen LogP contribution in [0.15, 0.2) is 24.5 Å². The van der Waals surface area contributed by atoms with E-state index in [2.05, 4.69) is 30.7 Å². The molecule has 0 N–H and O–H groups in total. The van der Waals surface area contributed by atoms with Crippen molar-refractivity contribution in [2.45, 2.75) is 53.0 Å². The van der Waals surface area contributed by atoms with Gasteiger partial charge in [0.05, 0.1) is 5.69 Å². The fraction of sp³-hybridized carbons (Fsp3) is 0.579. The number of hydrogen-bond donors (Lipinski definition) is 0. The highest BCUT2D eigenvalue weighted by molar-refractivity contribution is 5.95. The van der Waals surface area contributed by atoms with Gasteiger partial charge in [0.25, 0.3) is 5.91 Å². The summed E-state index contributed by atoms with van der Waals surface area (Å²) in [4.78, 5) is 19.7. The Morgan fingerprint density at radius 2 is 2.09 bits per heavy atom. The predicted octanol–water partition coefficient (Wildman–Crippen LogP) is 3.68. The summed E-state index contributed by atoms with van der Waals surface area (Å²) < 4.78 is 1.97. The van der Waals surface area contributed by atoms with Crippen LogP contribution in [-0.2, 0) is 0 Å². The van der Waals surface area contributed by atoms with Crippen LogP contribution in [-0.4, -0.2) is 32.8 Å².